The molecule has 0 saturated heterocycles. The van der Waals surface area contributed by atoms with E-state index < -0.39 is 0 Å². The minimum atomic E-state index is 0.778. The molecule has 0 radical (unpaired) electrons. The van der Waals surface area contributed by atoms with Crippen LogP contribution in [0.3, 0.4) is 0 Å². The Hall–Kier alpha value is -1.00. The predicted octanol–water partition coefficient (Wildman–Crippen LogP) is 4.13. The summed E-state index contributed by atoms with van der Waals surface area (Å²) in [5.74, 6) is 0. The monoisotopic (exact) mass is 240 g/mol. The highest BCUT2D eigenvalue weighted by atomic mass is 32.1. The Labute approximate surface area is 97.0 Å². The largest absolute Gasteiger partial charge is 0.278 e. The molecule has 0 amide bonds. The van der Waals surface area contributed by atoms with Gasteiger partial charge in [-0.05, 0) is 34.9 Å². The zero-order valence-electron chi connectivity index (χ0n) is 8.43. The van der Waals surface area contributed by atoms with E-state index in [1.54, 1.807) is 11.3 Å². The van der Waals surface area contributed by atoms with Crippen molar-refractivity contribution in [3.63, 3.8) is 0 Å². The molecule has 15 heavy (non-hydrogen) atoms. The van der Waals surface area contributed by atoms with Crippen LogP contribution in [0.15, 0.2) is 29.0 Å². The lowest BCUT2D eigenvalue weighted by Crippen LogP contribution is -1.96. The van der Waals surface area contributed by atoms with Gasteiger partial charge in [-0.1, -0.05) is 13.3 Å². The average molecular weight is 240 g/mol. The SMILES string of the molecule is CCCc1csc(OOc2cccs2)c1. The van der Waals surface area contributed by atoms with Crippen molar-refractivity contribution in [1.29, 1.82) is 0 Å². The first-order valence-electron chi connectivity index (χ1n) is 4.84. The van der Waals surface area contributed by atoms with Crippen LogP contribution in [0, 0.1) is 0 Å². The molecule has 0 unspecified atom stereocenters. The van der Waals surface area contributed by atoms with E-state index in [4.69, 9.17) is 9.78 Å². The van der Waals surface area contributed by atoms with Gasteiger partial charge >= 0.3 is 0 Å². The first-order valence-corrected chi connectivity index (χ1v) is 6.60. The van der Waals surface area contributed by atoms with Gasteiger partial charge in [-0.25, -0.2) is 0 Å². The van der Waals surface area contributed by atoms with Crippen molar-refractivity contribution in [3.05, 3.63) is 34.5 Å². The molecular weight excluding hydrogens is 228 g/mol. The van der Waals surface area contributed by atoms with Crippen molar-refractivity contribution in [2.24, 2.45) is 0 Å². The smallest absolute Gasteiger partial charge is 0.232 e. The van der Waals surface area contributed by atoms with Crippen LogP contribution in [0.5, 0.6) is 10.1 Å². The van der Waals surface area contributed by atoms with Crippen molar-refractivity contribution < 1.29 is 9.78 Å². The summed E-state index contributed by atoms with van der Waals surface area (Å²) < 4.78 is 0. The molecule has 0 saturated carbocycles. The first-order chi connectivity index (χ1) is 7.38. The van der Waals surface area contributed by atoms with Crippen LogP contribution in [0.25, 0.3) is 0 Å². The Bertz CT molecular complexity index is 392. The standard InChI is InChI=1S/C11H12O2S2/c1-2-4-9-7-11(15-8-9)13-12-10-5-3-6-14-10/h3,5-8H,2,4H2,1H3. The molecule has 0 N–H and O–H groups in total. The fourth-order valence-corrected chi connectivity index (χ4v) is 2.48. The van der Waals surface area contributed by atoms with Crippen LogP contribution in [-0.2, 0) is 6.42 Å². The molecule has 0 bridgehead atoms. The minimum absolute atomic E-state index is 0.778. The molecular formula is C11H12O2S2. The van der Waals surface area contributed by atoms with E-state index in [-0.39, 0.29) is 0 Å². The Morgan fingerprint density at radius 2 is 2.07 bits per heavy atom. The number of rotatable bonds is 5. The molecule has 80 valence electrons. The summed E-state index contributed by atoms with van der Waals surface area (Å²) >= 11 is 3.09. The van der Waals surface area contributed by atoms with Crippen molar-refractivity contribution >= 4 is 22.7 Å². The zero-order chi connectivity index (χ0) is 10.5. The molecule has 0 aliphatic carbocycles. The topological polar surface area (TPSA) is 18.5 Å². The van der Waals surface area contributed by atoms with Gasteiger partial charge in [0.1, 0.15) is 0 Å². The normalized spacial score (nSPS) is 10.2. The van der Waals surface area contributed by atoms with Crippen LogP contribution in [0.2, 0.25) is 0 Å². The molecule has 2 nitrogen and oxygen atoms in total. The fourth-order valence-electron chi connectivity index (χ4n) is 1.21. The van der Waals surface area contributed by atoms with Gasteiger partial charge in [-0.3, -0.25) is 9.78 Å². The third kappa shape index (κ3) is 2.97. The molecule has 0 aliphatic heterocycles. The van der Waals surface area contributed by atoms with E-state index in [1.807, 2.05) is 23.6 Å². The lowest BCUT2D eigenvalue weighted by molar-refractivity contribution is -0.0922. The van der Waals surface area contributed by atoms with Gasteiger partial charge in [0.2, 0.25) is 10.1 Å². The molecule has 2 heterocycles. The molecule has 0 atom stereocenters. The molecule has 0 aromatic carbocycles. The summed E-state index contributed by atoms with van der Waals surface area (Å²) in [5, 5.41) is 5.65. The molecule has 2 aromatic heterocycles. The van der Waals surface area contributed by atoms with Crippen molar-refractivity contribution in [2.45, 2.75) is 19.8 Å². The van der Waals surface area contributed by atoms with Crippen LogP contribution >= 0.6 is 22.7 Å². The Balaban J connectivity index is 1.88. The molecule has 0 fully saturated rings. The summed E-state index contributed by atoms with van der Waals surface area (Å²) in [6.45, 7) is 2.17. The quantitative estimate of drug-likeness (QED) is 0.578. The van der Waals surface area contributed by atoms with Crippen LogP contribution in [0.4, 0.5) is 0 Å². The fraction of sp³-hybridized carbons (Fsp3) is 0.273. The minimum Gasteiger partial charge on any atom is -0.278 e. The third-order valence-corrected chi connectivity index (χ3v) is 3.44. The van der Waals surface area contributed by atoms with Gasteiger partial charge < -0.3 is 0 Å². The second-order valence-electron chi connectivity index (χ2n) is 3.12. The summed E-state index contributed by atoms with van der Waals surface area (Å²) in [6.07, 6.45) is 2.25. The van der Waals surface area contributed by atoms with E-state index in [0.717, 1.165) is 23.0 Å². The molecule has 2 aromatic rings. The second-order valence-corrected chi connectivity index (χ2v) is 4.91. The third-order valence-electron chi connectivity index (χ3n) is 1.87. The van der Waals surface area contributed by atoms with E-state index in [1.165, 1.54) is 16.9 Å². The highest BCUT2D eigenvalue weighted by Crippen LogP contribution is 2.26. The number of hydrogen-bond acceptors (Lipinski definition) is 4. The Kier molecular flexibility index (Phi) is 3.64. The first kappa shape index (κ1) is 10.5. The number of aryl methyl sites for hydroxylation is 1. The summed E-state index contributed by atoms with van der Waals surface area (Å²) in [4.78, 5) is 10.4. The van der Waals surface area contributed by atoms with E-state index in [2.05, 4.69) is 12.3 Å². The van der Waals surface area contributed by atoms with Gasteiger partial charge in [0.15, 0.2) is 0 Å². The van der Waals surface area contributed by atoms with Gasteiger partial charge in [0.05, 0.1) is 0 Å². The molecule has 2 rings (SSSR count). The molecule has 0 spiro atoms. The van der Waals surface area contributed by atoms with Gasteiger partial charge in [0.25, 0.3) is 0 Å². The van der Waals surface area contributed by atoms with Gasteiger partial charge in [-0.15, -0.1) is 22.7 Å². The van der Waals surface area contributed by atoms with E-state index in [0.29, 0.717) is 0 Å². The summed E-state index contributed by atoms with van der Waals surface area (Å²) in [5.41, 5.74) is 1.31. The van der Waals surface area contributed by atoms with E-state index >= 15 is 0 Å². The lowest BCUT2D eigenvalue weighted by atomic mass is 10.2. The van der Waals surface area contributed by atoms with Crippen LogP contribution < -0.4 is 9.78 Å². The average Bonchev–Trinajstić information content (AvgIpc) is 2.85. The van der Waals surface area contributed by atoms with Crippen molar-refractivity contribution in [3.8, 4) is 10.1 Å². The summed E-state index contributed by atoms with van der Waals surface area (Å²) in [6, 6.07) is 5.84. The maximum Gasteiger partial charge on any atom is 0.232 e. The van der Waals surface area contributed by atoms with Crippen molar-refractivity contribution in [1.82, 2.24) is 0 Å². The highest BCUT2D eigenvalue weighted by Gasteiger charge is 2.02. The molecule has 4 heteroatoms. The van der Waals surface area contributed by atoms with Crippen molar-refractivity contribution in [2.75, 3.05) is 0 Å². The Morgan fingerprint density at radius 1 is 1.20 bits per heavy atom. The lowest BCUT2D eigenvalue weighted by Gasteiger charge is -1.99. The van der Waals surface area contributed by atoms with E-state index in [9.17, 15) is 0 Å². The Morgan fingerprint density at radius 3 is 2.80 bits per heavy atom. The molecule has 0 aliphatic rings. The van der Waals surface area contributed by atoms with Gasteiger partial charge in [0, 0.05) is 6.07 Å². The predicted molar refractivity (Wildman–Crippen MR) is 63.9 cm³/mol. The van der Waals surface area contributed by atoms with Crippen LogP contribution in [-0.4, -0.2) is 0 Å². The number of hydrogen-bond donors (Lipinski definition) is 0. The summed E-state index contributed by atoms with van der Waals surface area (Å²) in [7, 11) is 0. The van der Waals surface area contributed by atoms with Crippen LogP contribution in [0.1, 0.15) is 18.9 Å². The number of thiophene rings is 2. The maximum atomic E-state index is 5.21. The van der Waals surface area contributed by atoms with Gasteiger partial charge in [-0.2, -0.15) is 0 Å². The second kappa shape index (κ2) is 5.19. The zero-order valence-corrected chi connectivity index (χ0v) is 10.1. The highest BCUT2D eigenvalue weighted by molar-refractivity contribution is 7.12. The maximum absolute atomic E-state index is 5.21.